The number of piperazine rings is 1. The van der Waals surface area contributed by atoms with Gasteiger partial charge in [-0.15, -0.1) is 0 Å². The van der Waals surface area contributed by atoms with Crippen LogP contribution in [0.1, 0.15) is 33.2 Å². The number of fused-ring (bicyclic) bond motifs is 3. The predicted octanol–water partition coefficient (Wildman–Crippen LogP) is 2.14. The second-order valence-electron chi connectivity index (χ2n) is 6.56. The highest BCUT2D eigenvalue weighted by molar-refractivity contribution is 6.04. The number of anilines is 1. The minimum absolute atomic E-state index is 0.0762. The number of aryl methyl sites for hydroxylation is 1. The molecule has 1 aromatic carbocycles. The fourth-order valence-electron chi connectivity index (χ4n) is 3.62. The molecular weight excluding hydrogens is 300 g/mol. The van der Waals surface area contributed by atoms with Gasteiger partial charge in [0.25, 0.3) is 5.91 Å². The summed E-state index contributed by atoms with van der Waals surface area (Å²) in [5.74, 6) is -0.0762. The number of benzene rings is 1. The van der Waals surface area contributed by atoms with Crippen LogP contribution in [0.25, 0.3) is 0 Å². The fourth-order valence-corrected chi connectivity index (χ4v) is 3.62. The Morgan fingerprint density at radius 2 is 2.21 bits per heavy atom. The summed E-state index contributed by atoms with van der Waals surface area (Å²) in [6, 6.07) is 10.3. The van der Waals surface area contributed by atoms with E-state index >= 15 is 0 Å². The van der Waals surface area contributed by atoms with Crippen molar-refractivity contribution in [3.05, 3.63) is 58.9 Å². The van der Waals surface area contributed by atoms with E-state index in [9.17, 15) is 4.79 Å². The van der Waals surface area contributed by atoms with Gasteiger partial charge in [0, 0.05) is 43.5 Å². The van der Waals surface area contributed by atoms with Crippen molar-refractivity contribution in [1.29, 1.82) is 0 Å². The standard InChI is InChI=1S/C19H22N4O/c1-13-2-4-16(11-21-13)22-19(24)15-3-5-17-14(10-15)6-8-23-9-7-20-12-18(17)23/h2-5,10-11,18,20H,6-9,12H2,1H3,(H,22,24)/t18-/m0/s1. The molecule has 0 unspecified atom stereocenters. The van der Waals surface area contributed by atoms with Crippen LogP contribution in [-0.2, 0) is 6.42 Å². The first kappa shape index (κ1) is 15.3. The first-order chi connectivity index (χ1) is 11.7. The van der Waals surface area contributed by atoms with Gasteiger partial charge in [-0.25, -0.2) is 0 Å². The van der Waals surface area contributed by atoms with E-state index in [1.807, 2.05) is 25.1 Å². The number of nitrogens with zero attached hydrogens (tertiary/aromatic N) is 2. The summed E-state index contributed by atoms with van der Waals surface area (Å²) in [5, 5.41) is 6.40. The van der Waals surface area contributed by atoms with Gasteiger partial charge in [-0.3, -0.25) is 14.7 Å². The van der Waals surface area contributed by atoms with Gasteiger partial charge in [0.1, 0.15) is 0 Å². The van der Waals surface area contributed by atoms with Gasteiger partial charge >= 0.3 is 0 Å². The van der Waals surface area contributed by atoms with E-state index in [0.29, 0.717) is 11.6 Å². The molecule has 0 bridgehead atoms. The second kappa shape index (κ2) is 6.34. The molecule has 124 valence electrons. The summed E-state index contributed by atoms with van der Waals surface area (Å²) in [4.78, 5) is 19.3. The Morgan fingerprint density at radius 3 is 3.04 bits per heavy atom. The van der Waals surface area contributed by atoms with Crippen LogP contribution in [0.4, 0.5) is 5.69 Å². The molecule has 1 aromatic heterocycles. The van der Waals surface area contributed by atoms with Crippen molar-refractivity contribution in [2.75, 3.05) is 31.5 Å². The molecule has 0 saturated carbocycles. The lowest BCUT2D eigenvalue weighted by atomic mass is 9.90. The summed E-state index contributed by atoms with van der Waals surface area (Å²) < 4.78 is 0. The van der Waals surface area contributed by atoms with E-state index in [-0.39, 0.29) is 5.91 Å². The molecule has 24 heavy (non-hydrogen) atoms. The van der Waals surface area contributed by atoms with Crippen LogP contribution in [0.5, 0.6) is 0 Å². The lowest BCUT2D eigenvalue weighted by molar-refractivity contribution is 0.102. The highest BCUT2D eigenvalue weighted by Crippen LogP contribution is 2.31. The summed E-state index contributed by atoms with van der Waals surface area (Å²) in [7, 11) is 0. The molecule has 2 aliphatic rings. The molecule has 3 heterocycles. The normalized spacial score (nSPS) is 20.1. The third kappa shape index (κ3) is 2.92. The Kier molecular flexibility index (Phi) is 4.04. The van der Waals surface area contributed by atoms with Crippen LogP contribution in [0.2, 0.25) is 0 Å². The number of aromatic nitrogens is 1. The summed E-state index contributed by atoms with van der Waals surface area (Å²) in [6.07, 6.45) is 2.70. The van der Waals surface area contributed by atoms with Gasteiger partial charge in [-0.1, -0.05) is 6.07 Å². The Hall–Kier alpha value is -2.24. The van der Waals surface area contributed by atoms with Crippen molar-refractivity contribution in [2.45, 2.75) is 19.4 Å². The molecule has 2 aromatic rings. The number of carbonyl (C=O) groups is 1. The summed E-state index contributed by atoms with van der Waals surface area (Å²) >= 11 is 0. The van der Waals surface area contributed by atoms with Crippen LogP contribution in [0, 0.1) is 6.92 Å². The van der Waals surface area contributed by atoms with Crippen LogP contribution in [0.15, 0.2) is 36.5 Å². The van der Waals surface area contributed by atoms with Gasteiger partial charge < -0.3 is 10.6 Å². The summed E-state index contributed by atoms with van der Waals surface area (Å²) in [6.45, 7) is 6.17. The van der Waals surface area contributed by atoms with Crippen molar-refractivity contribution < 1.29 is 4.79 Å². The molecule has 5 heteroatoms. The van der Waals surface area contributed by atoms with Crippen molar-refractivity contribution in [3.8, 4) is 0 Å². The lowest BCUT2D eigenvalue weighted by Gasteiger charge is -2.41. The van der Waals surface area contributed by atoms with E-state index in [1.54, 1.807) is 6.20 Å². The van der Waals surface area contributed by atoms with Gasteiger partial charge in [0.15, 0.2) is 0 Å². The zero-order valence-electron chi connectivity index (χ0n) is 13.9. The first-order valence-electron chi connectivity index (χ1n) is 8.52. The SMILES string of the molecule is Cc1ccc(NC(=O)c2ccc3c(c2)CCN2CCNC[C@@H]32)cn1. The van der Waals surface area contributed by atoms with Crippen LogP contribution >= 0.6 is 0 Å². The Morgan fingerprint density at radius 1 is 1.29 bits per heavy atom. The van der Waals surface area contributed by atoms with Gasteiger partial charge in [-0.2, -0.15) is 0 Å². The quantitative estimate of drug-likeness (QED) is 0.889. The predicted molar refractivity (Wildman–Crippen MR) is 94.3 cm³/mol. The topological polar surface area (TPSA) is 57.3 Å². The van der Waals surface area contributed by atoms with Crippen LogP contribution in [-0.4, -0.2) is 42.0 Å². The minimum atomic E-state index is -0.0762. The molecular formula is C19H22N4O. The van der Waals surface area contributed by atoms with Gasteiger partial charge in [0.2, 0.25) is 0 Å². The maximum Gasteiger partial charge on any atom is 0.255 e. The van der Waals surface area contributed by atoms with E-state index in [2.05, 4.69) is 32.7 Å². The molecule has 5 nitrogen and oxygen atoms in total. The maximum absolute atomic E-state index is 12.5. The third-order valence-corrected chi connectivity index (χ3v) is 4.96. The highest BCUT2D eigenvalue weighted by atomic mass is 16.1. The average molecular weight is 322 g/mol. The number of hydrogen-bond acceptors (Lipinski definition) is 4. The van der Waals surface area contributed by atoms with E-state index in [1.165, 1.54) is 11.1 Å². The molecule has 1 atom stereocenters. The van der Waals surface area contributed by atoms with Crippen molar-refractivity contribution in [1.82, 2.24) is 15.2 Å². The van der Waals surface area contributed by atoms with Gasteiger partial charge in [-0.05, 0) is 48.7 Å². The van der Waals surface area contributed by atoms with Crippen molar-refractivity contribution in [2.24, 2.45) is 0 Å². The average Bonchev–Trinajstić information content (AvgIpc) is 2.63. The number of rotatable bonds is 2. The van der Waals surface area contributed by atoms with E-state index in [4.69, 9.17) is 0 Å². The van der Waals surface area contributed by atoms with Crippen molar-refractivity contribution >= 4 is 11.6 Å². The number of hydrogen-bond donors (Lipinski definition) is 2. The summed E-state index contributed by atoms with van der Waals surface area (Å²) in [5.41, 5.74) is 5.04. The molecule has 2 N–H and O–H groups in total. The molecule has 4 rings (SSSR count). The van der Waals surface area contributed by atoms with Crippen LogP contribution in [0.3, 0.4) is 0 Å². The minimum Gasteiger partial charge on any atom is -0.321 e. The molecule has 1 fully saturated rings. The molecule has 0 spiro atoms. The fraction of sp³-hybridized carbons (Fsp3) is 0.368. The monoisotopic (exact) mass is 322 g/mol. The van der Waals surface area contributed by atoms with Crippen molar-refractivity contribution in [3.63, 3.8) is 0 Å². The zero-order chi connectivity index (χ0) is 16.5. The molecule has 0 radical (unpaired) electrons. The smallest absolute Gasteiger partial charge is 0.255 e. The van der Waals surface area contributed by atoms with Gasteiger partial charge in [0.05, 0.1) is 11.9 Å². The van der Waals surface area contributed by atoms with E-state index < -0.39 is 0 Å². The number of pyridine rings is 1. The molecule has 2 aliphatic heterocycles. The molecule has 0 aliphatic carbocycles. The Bertz CT molecular complexity index is 756. The first-order valence-corrected chi connectivity index (χ1v) is 8.52. The van der Waals surface area contributed by atoms with E-state index in [0.717, 1.165) is 44.0 Å². The maximum atomic E-state index is 12.5. The van der Waals surface area contributed by atoms with Crippen LogP contribution < -0.4 is 10.6 Å². The Labute approximate surface area is 142 Å². The molecule has 1 saturated heterocycles. The highest BCUT2D eigenvalue weighted by Gasteiger charge is 2.29. The number of nitrogens with one attached hydrogen (secondary N) is 2. The molecule has 1 amide bonds. The third-order valence-electron chi connectivity index (χ3n) is 4.96. The lowest BCUT2D eigenvalue weighted by Crippen LogP contribution is -2.48. The zero-order valence-corrected chi connectivity index (χ0v) is 13.9. The number of carbonyl (C=O) groups excluding carboxylic acids is 1. The largest absolute Gasteiger partial charge is 0.321 e. The number of amides is 1. The second-order valence-corrected chi connectivity index (χ2v) is 6.56. The Balaban J connectivity index is 1.54.